The Bertz CT molecular complexity index is 722. The number of carbonyl (C=O) groups excluding carboxylic acids is 1. The lowest BCUT2D eigenvalue weighted by atomic mass is 9.98. The molecule has 1 amide bonds. The molecule has 0 saturated carbocycles. The third kappa shape index (κ3) is 4.05. The molecule has 1 atom stereocenters. The number of hydrogen-bond acceptors (Lipinski definition) is 4. The van der Waals surface area contributed by atoms with E-state index in [-0.39, 0.29) is 28.9 Å². The van der Waals surface area contributed by atoms with Crippen LogP contribution in [0.25, 0.3) is 0 Å². The quantitative estimate of drug-likeness (QED) is 0.895. The highest BCUT2D eigenvalue weighted by molar-refractivity contribution is 5.99. The molecule has 2 aromatic carbocycles. The largest absolute Gasteiger partial charge is 0.507 e. The van der Waals surface area contributed by atoms with Crippen molar-refractivity contribution in [3.63, 3.8) is 0 Å². The summed E-state index contributed by atoms with van der Waals surface area (Å²) in [6, 6.07) is 12.2. The van der Waals surface area contributed by atoms with E-state index in [1.807, 2.05) is 31.2 Å². The van der Waals surface area contributed by atoms with Gasteiger partial charge in [-0.15, -0.1) is 0 Å². The third-order valence-electron chi connectivity index (χ3n) is 4.55. The van der Waals surface area contributed by atoms with Crippen molar-refractivity contribution in [1.82, 2.24) is 4.90 Å². The molecule has 1 heterocycles. The lowest BCUT2D eigenvalue weighted by molar-refractivity contribution is 0.0627. The zero-order valence-corrected chi connectivity index (χ0v) is 14.3. The van der Waals surface area contributed by atoms with E-state index in [9.17, 15) is 15.0 Å². The van der Waals surface area contributed by atoms with Gasteiger partial charge in [0.25, 0.3) is 5.91 Å². The topological polar surface area (TPSA) is 70.0 Å². The van der Waals surface area contributed by atoms with Crippen molar-refractivity contribution in [2.75, 3.05) is 19.7 Å². The summed E-state index contributed by atoms with van der Waals surface area (Å²) in [5.74, 6) is 0.334. The second-order valence-corrected chi connectivity index (χ2v) is 6.55. The maximum absolute atomic E-state index is 12.7. The molecular weight excluding hydrogens is 318 g/mol. The Labute approximate surface area is 147 Å². The van der Waals surface area contributed by atoms with Gasteiger partial charge < -0.3 is 19.8 Å². The second-order valence-electron chi connectivity index (χ2n) is 6.55. The fourth-order valence-corrected chi connectivity index (χ4v) is 3.14. The molecule has 5 heteroatoms. The fourth-order valence-electron chi connectivity index (χ4n) is 3.14. The number of carbonyl (C=O) groups is 1. The van der Waals surface area contributed by atoms with Gasteiger partial charge in [0.2, 0.25) is 0 Å². The standard InChI is InChI=1S/C20H23NO4/c1-14-7-9-16(10-8-14)25-13-15-4-3-11-21(12-15)20(24)19-17(22)5-2-6-18(19)23/h2,5-10,15,22-23H,3-4,11-13H2,1H3/t15-/m1/s1. The molecule has 1 saturated heterocycles. The van der Waals surface area contributed by atoms with Crippen LogP contribution in [0.4, 0.5) is 0 Å². The van der Waals surface area contributed by atoms with Gasteiger partial charge in [-0.1, -0.05) is 23.8 Å². The third-order valence-corrected chi connectivity index (χ3v) is 4.55. The minimum atomic E-state index is -0.337. The molecule has 0 aliphatic carbocycles. The van der Waals surface area contributed by atoms with Crippen LogP contribution in [0.5, 0.6) is 17.2 Å². The van der Waals surface area contributed by atoms with Crippen molar-refractivity contribution in [1.29, 1.82) is 0 Å². The normalized spacial score (nSPS) is 17.3. The number of nitrogens with zero attached hydrogens (tertiary/aromatic N) is 1. The Morgan fingerprint density at radius 3 is 2.52 bits per heavy atom. The molecule has 2 aromatic rings. The van der Waals surface area contributed by atoms with Gasteiger partial charge in [0.1, 0.15) is 22.8 Å². The SMILES string of the molecule is Cc1ccc(OC[C@@H]2CCCN(C(=O)c3c(O)cccc3O)C2)cc1. The van der Waals surface area contributed by atoms with Crippen LogP contribution in [0.3, 0.4) is 0 Å². The van der Waals surface area contributed by atoms with E-state index < -0.39 is 0 Å². The molecule has 1 aliphatic rings. The van der Waals surface area contributed by atoms with E-state index in [0.717, 1.165) is 18.6 Å². The highest BCUT2D eigenvalue weighted by Gasteiger charge is 2.28. The molecule has 1 fully saturated rings. The number of amides is 1. The summed E-state index contributed by atoms with van der Waals surface area (Å²) >= 11 is 0. The lowest BCUT2D eigenvalue weighted by Crippen LogP contribution is -2.41. The zero-order chi connectivity index (χ0) is 17.8. The number of aromatic hydroxyl groups is 2. The van der Waals surface area contributed by atoms with Crippen LogP contribution in [-0.2, 0) is 0 Å². The van der Waals surface area contributed by atoms with Crippen LogP contribution in [0, 0.1) is 12.8 Å². The van der Waals surface area contributed by atoms with Crippen molar-refractivity contribution in [2.45, 2.75) is 19.8 Å². The number of likely N-dealkylation sites (tertiary alicyclic amines) is 1. The maximum atomic E-state index is 12.7. The van der Waals surface area contributed by atoms with Crippen LogP contribution in [-0.4, -0.2) is 40.7 Å². The first-order chi connectivity index (χ1) is 12.0. The first-order valence-corrected chi connectivity index (χ1v) is 8.54. The van der Waals surface area contributed by atoms with Gasteiger partial charge in [-0.2, -0.15) is 0 Å². The molecule has 25 heavy (non-hydrogen) atoms. The number of ether oxygens (including phenoxy) is 1. The van der Waals surface area contributed by atoms with E-state index in [2.05, 4.69) is 0 Å². The average molecular weight is 341 g/mol. The molecule has 3 rings (SSSR count). The summed E-state index contributed by atoms with van der Waals surface area (Å²) in [6.07, 6.45) is 1.87. The van der Waals surface area contributed by atoms with Gasteiger partial charge >= 0.3 is 0 Å². The predicted octanol–water partition coefficient (Wildman–Crippen LogP) is 3.34. The smallest absolute Gasteiger partial charge is 0.261 e. The van der Waals surface area contributed by atoms with Crippen molar-refractivity contribution in [2.24, 2.45) is 5.92 Å². The maximum Gasteiger partial charge on any atom is 0.261 e. The van der Waals surface area contributed by atoms with Crippen LogP contribution >= 0.6 is 0 Å². The number of phenols is 2. The van der Waals surface area contributed by atoms with Crippen molar-refractivity contribution < 1.29 is 19.7 Å². The number of aryl methyl sites for hydroxylation is 1. The molecule has 2 N–H and O–H groups in total. The molecule has 0 spiro atoms. The van der Waals surface area contributed by atoms with Crippen molar-refractivity contribution >= 4 is 5.91 Å². The second kappa shape index (κ2) is 7.47. The predicted molar refractivity (Wildman–Crippen MR) is 95.1 cm³/mol. The molecule has 0 aromatic heterocycles. The van der Waals surface area contributed by atoms with Crippen LogP contribution in [0.1, 0.15) is 28.8 Å². The average Bonchev–Trinajstić information content (AvgIpc) is 2.61. The van der Waals surface area contributed by atoms with E-state index in [0.29, 0.717) is 19.7 Å². The number of rotatable bonds is 4. The molecule has 1 aliphatic heterocycles. The van der Waals surface area contributed by atoms with E-state index in [1.54, 1.807) is 4.90 Å². The van der Waals surface area contributed by atoms with Gasteiger partial charge in [0.15, 0.2) is 0 Å². The number of hydrogen-bond donors (Lipinski definition) is 2. The monoisotopic (exact) mass is 341 g/mol. The summed E-state index contributed by atoms with van der Waals surface area (Å²) in [7, 11) is 0. The Morgan fingerprint density at radius 2 is 1.84 bits per heavy atom. The lowest BCUT2D eigenvalue weighted by Gasteiger charge is -2.33. The van der Waals surface area contributed by atoms with Gasteiger partial charge in [0.05, 0.1) is 6.61 Å². The summed E-state index contributed by atoms with van der Waals surface area (Å²) in [6.45, 7) is 3.74. The number of benzene rings is 2. The van der Waals surface area contributed by atoms with E-state index >= 15 is 0 Å². The van der Waals surface area contributed by atoms with Gasteiger partial charge in [-0.3, -0.25) is 4.79 Å². The molecule has 0 unspecified atom stereocenters. The molecule has 132 valence electrons. The van der Waals surface area contributed by atoms with Crippen LogP contribution < -0.4 is 4.74 Å². The van der Waals surface area contributed by atoms with Crippen molar-refractivity contribution in [3.8, 4) is 17.2 Å². The summed E-state index contributed by atoms with van der Waals surface area (Å²) < 4.78 is 5.84. The Kier molecular flexibility index (Phi) is 5.12. The van der Waals surface area contributed by atoms with E-state index in [4.69, 9.17) is 4.74 Å². The van der Waals surface area contributed by atoms with Gasteiger partial charge in [0, 0.05) is 19.0 Å². The number of piperidine rings is 1. The van der Waals surface area contributed by atoms with E-state index in [1.165, 1.54) is 23.8 Å². The Morgan fingerprint density at radius 1 is 1.16 bits per heavy atom. The summed E-state index contributed by atoms with van der Waals surface area (Å²) in [4.78, 5) is 14.3. The number of phenolic OH excluding ortho intramolecular Hbond substituents is 2. The summed E-state index contributed by atoms with van der Waals surface area (Å²) in [5.41, 5.74) is 1.16. The minimum Gasteiger partial charge on any atom is -0.507 e. The molecular formula is C20H23NO4. The van der Waals surface area contributed by atoms with Gasteiger partial charge in [-0.25, -0.2) is 0 Å². The fraction of sp³-hybridized carbons (Fsp3) is 0.350. The first-order valence-electron chi connectivity index (χ1n) is 8.54. The van der Waals surface area contributed by atoms with Crippen LogP contribution in [0.2, 0.25) is 0 Å². The first kappa shape index (κ1) is 17.1. The zero-order valence-electron chi connectivity index (χ0n) is 14.3. The van der Waals surface area contributed by atoms with Crippen molar-refractivity contribution in [3.05, 3.63) is 53.6 Å². The summed E-state index contributed by atoms with van der Waals surface area (Å²) in [5, 5.41) is 19.8. The highest BCUT2D eigenvalue weighted by atomic mass is 16.5. The Hall–Kier alpha value is -2.69. The Balaban J connectivity index is 1.62. The minimum absolute atomic E-state index is 0.0254. The van der Waals surface area contributed by atoms with Crippen LogP contribution in [0.15, 0.2) is 42.5 Å². The molecule has 0 radical (unpaired) electrons. The van der Waals surface area contributed by atoms with Gasteiger partial charge in [-0.05, 0) is 44.0 Å². The molecule has 5 nitrogen and oxygen atoms in total. The molecule has 0 bridgehead atoms. The highest BCUT2D eigenvalue weighted by Crippen LogP contribution is 2.29.